The van der Waals surface area contributed by atoms with E-state index >= 15 is 0 Å². The summed E-state index contributed by atoms with van der Waals surface area (Å²) in [5.41, 5.74) is 1.23. The van der Waals surface area contributed by atoms with Crippen LogP contribution in [0.5, 0.6) is 11.8 Å². The van der Waals surface area contributed by atoms with Gasteiger partial charge in [0.15, 0.2) is 0 Å². The highest BCUT2D eigenvalue weighted by molar-refractivity contribution is 7.99. The highest BCUT2D eigenvalue weighted by Gasteiger charge is 2.17. The van der Waals surface area contributed by atoms with Crippen LogP contribution >= 0.6 is 11.8 Å². The lowest BCUT2D eigenvalue weighted by molar-refractivity contribution is 0.0988. The fraction of sp³-hybridized carbons (Fsp3) is 0.211. The molecule has 3 aromatic rings. The molecular formula is C19H19N5O3S. The average molecular weight is 397 g/mol. The Morgan fingerprint density at radius 2 is 1.86 bits per heavy atom. The van der Waals surface area contributed by atoms with Gasteiger partial charge in [0.1, 0.15) is 5.03 Å². The SMILES string of the molecule is CCN(C(=O)c1ccc(Sc2nc(OC)cc(OC)n2)nc1)c1cccnc1. The zero-order valence-corrected chi connectivity index (χ0v) is 16.5. The lowest BCUT2D eigenvalue weighted by Gasteiger charge is -2.20. The number of rotatable bonds is 7. The molecule has 8 nitrogen and oxygen atoms in total. The van der Waals surface area contributed by atoms with E-state index < -0.39 is 0 Å². The van der Waals surface area contributed by atoms with Crippen LogP contribution in [-0.4, -0.2) is 46.6 Å². The van der Waals surface area contributed by atoms with E-state index in [0.29, 0.717) is 34.1 Å². The van der Waals surface area contributed by atoms with Crippen molar-refractivity contribution < 1.29 is 14.3 Å². The number of ether oxygens (including phenoxy) is 2. The molecule has 0 radical (unpaired) electrons. The maximum absolute atomic E-state index is 12.8. The van der Waals surface area contributed by atoms with Crippen molar-refractivity contribution in [3.05, 3.63) is 54.5 Å². The van der Waals surface area contributed by atoms with Crippen LogP contribution in [0.1, 0.15) is 17.3 Å². The van der Waals surface area contributed by atoms with E-state index in [2.05, 4.69) is 19.9 Å². The van der Waals surface area contributed by atoms with Gasteiger partial charge in [0.25, 0.3) is 5.91 Å². The van der Waals surface area contributed by atoms with E-state index in [1.807, 2.05) is 13.0 Å². The van der Waals surface area contributed by atoms with Crippen LogP contribution in [0.3, 0.4) is 0 Å². The quantitative estimate of drug-likeness (QED) is 0.562. The summed E-state index contributed by atoms with van der Waals surface area (Å²) in [6.07, 6.45) is 4.87. The number of methoxy groups -OCH3 is 2. The van der Waals surface area contributed by atoms with E-state index in [0.717, 1.165) is 5.69 Å². The summed E-state index contributed by atoms with van der Waals surface area (Å²) in [7, 11) is 3.05. The molecule has 3 rings (SSSR count). The summed E-state index contributed by atoms with van der Waals surface area (Å²) >= 11 is 1.25. The van der Waals surface area contributed by atoms with Crippen molar-refractivity contribution >= 4 is 23.4 Å². The third-order valence-electron chi connectivity index (χ3n) is 3.78. The number of carbonyl (C=O) groups excluding carboxylic acids is 1. The van der Waals surface area contributed by atoms with Crippen molar-refractivity contribution in [2.45, 2.75) is 17.1 Å². The minimum absolute atomic E-state index is 0.140. The molecule has 3 aromatic heterocycles. The first kappa shape index (κ1) is 19.6. The number of anilines is 1. The van der Waals surface area contributed by atoms with E-state index in [-0.39, 0.29) is 5.91 Å². The summed E-state index contributed by atoms with van der Waals surface area (Å²) in [6, 6.07) is 8.72. The number of hydrogen-bond acceptors (Lipinski definition) is 8. The topological polar surface area (TPSA) is 90.3 Å². The molecule has 0 aromatic carbocycles. The molecule has 144 valence electrons. The molecular weight excluding hydrogens is 378 g/mol. The molecule has 1 amide bonds. The average Bonchev–Trinajstić information content (AvgIpc) is 2.75. The second kappa shape index (κ2) is 9.14. The number of nitrogens with zero attached hydrogens (tertiary/aromatic N) is 5. The van der Waals surface area contributed by atoms with Crippen molar-refractivity contribution in [1.82, 2.24) is 19.9 Å². The smallest absolute Gasteiger partial charge is 0.259 e. The Kier molecular flexibility index (Phi) is 6.38. The molecule has 0 aliphatic heterocycles. The first-order chi connectivity index (χ1) is 13.6. The Balaban J connectivity index is 1.77. The first-order valence-corrected chi connectivity index (χ1v) is 9.29. The van der Waals surface area contributed by atoms with Crippen LogP contribution in [0, 0.1) is 0 Å². The lowest BCUT2D eigenvalue weighted by atomic mass is 10.2. The monoisotopic (exact) mass is 397 g/mol. The third-order valence-corrected chi connectivity index (χ3v) is 4.59. The molecule has 0 aliphatic rings. The van der Waals surface area contributed by atoms with Gasteiger partial charge in [0, 0.05) is 18.9 Å². The standard InChI is InChI=1S/C19H19N5O3S/c1-4-24(14-6-5-9-20-12-14)18(25)13-7-8-17(21-11-13)28-19-22-15(26-2)10-16(23-19)27-3/h5-12H,4H2,1-3H3. The zero-order valence-electron chi connectivity index (χ0n) is 15.7. The number of hydrogen-bond donors (Lipinski definition) is 0. The second-order valence-electron chi connectivity index (χ2n) is 5.48. The molecule has 0 atom stereocenters. The predicted octanol–water partition coefficient (Wildman–Crippen LogP) is 3.10. The van der Waals surface area contributed by atoms with Gasteiger partial charge in [-0.2, -0.15) is 9.97 Å². The first-order valence-electron chi connectivity index (χ1n) is 8.47. The second-order valence-corrected chi connectivity index (χ2v) is 6.47. The maximum atomic E-state index is 12.8. The Morgan fingerprint density at radius 1 is 1.11 bits per heavy atom. The van der Waals surface area contributed by atoms with E-state index in [1.54, 1.807) is 47.8 Å². The molecule has 0 fully saturated rings. The normalized spacial score (nSPS) is 10.4. The Morgan fingerprint density at radius 3 is 2.39 bits per heavy atom. The Bertz CT molecular complexity index is 916. The zero-order chi connectivity index (χ0) is 19.9. The summed E-state index contributed by atoms with van der Waals surface area (Å²) < 4.78 is 10.3. The largest absolute Gasteiger partial charge is 0.481 e. The fourth-order valence-corrected chi connectivity index (χ4v) is 3.11. The molecule has 28 heavy (non-hydrogen) atoms. The summed E-state index contributed by atoms with van der Waals surface area (Å²) in [5, 5.41) is 1.09. The van der Waals surface area contributed by atoms with E-state index in [1.165, 1.54) is 26.0 Å². The van der Waals surface area contributed by atoms with Gasteiger partial charge in [-0.1, -0.05) is 0 Å². The van der Waals surface area contributed by atoms with Crippen LogP contribution in [0.15, 0.2) is 59.1 Å². The van der Waals surface area contributed by atoms with Crippen molar-refractivity contribution in [2.75, 3.05) is 25.7 Å². The molecule has 0 saturated heterocycles. The van der Waals surface area contributed by atoms with Gasteiger partial charge < -0.3 is 14.4 Å². The molecule has 0 saturated carbocycles. The number of pyridine rings is 2. The Labute approximate surface area is 167 Å². The predicted molar refractivity (Wildman–Crippen MR) is 105 cm³/mol. The molecule has 0 aliphatic carbocycles. The highest BCUT2D eigenvalue weighted by atomic mass is 32.2. The van der Waals surface area contributed by atoms with Gasteiger partial charge >= 0.3 is 0 Å². The van der Waals surface area contributed by atoms with Gasteiger partial charge in [-0.15, -0.1) is 0 Å². The number of carbonyl (C=O) groups is 1. The Hall–Kier alpha value is -3.20. The summed E-state index contributed by atoms with van der Waals surface area (Å²) in [5.74, 6) is 0.659. The molecule has 9 heteroatoms. The summed E-state index contributed by atoms with van der Waals surface area (Å²) in [4.78, 5) is 31.4. The third kappa shape index (κ3) is 4.55. The van der Waals surface area contributed by atoms with Gasteiger partial charge in [-0.3, -0.25) is 9.78 Å². The van der Waals surface area contributed by atoms with Gasteiger partial charge in [0.2, 0.25) is 16.9 Å². The fourth-order valence-electron chi connectivity index (χ4n) is 2.41. The van der Waals surface area contributed by atoms with Gasteiger partial charge in [-0.05, 0) is 43.0 Å². The van der Waals surface area contributed by atoms with E-state index in [9.17, 15) is 4.79 Å². The van der Waals surface area contributed by atoms with Crippen LogP contribution in [-0.2, 0) is 0 Å². The minimum atomic E-state index is -0.140. The van der Waals surface area contributed by atoms with Crippen LogP contribution in [0.2, 0.25) is 0 Å². The van der Waals surface area contributed by atoms with Crippen molar-refractivity contribution in [2.24, 2.45) is 0 Å². The van der Waals surface area contributed by atoms with Gasteiger partial charge in [-0.25, -0.2) is 4.98 Å². The van der Waals surface area contributed by atoms with Crippen molar-refractivity contribution in [3.8, 4) is 11.8 Å². The lowest BCUT2D eigenvalue weighted by Crippen LogP contribution is -2.30. The van der Waals surface area contributed by atoms with Crippen molar-refractivity contribution in [3.63, 3.8) is 0 Å². The maximum Gasteiger partial charge on any atom is 0.259 e. The van der Waals surface area contributed by atoms with E-state index in [4.69, 9.17) is 9.47 Å². The molecule has 0 bridgehead atoms. The van der Waals surface area contributed by atoms with Crippen LogP contribution in [0.4, 0.5) is 5.69 Å². The molecule has 0 N–H and O–H groups in total. The number of amides is 1. The molecule has 3 heterocycles. The number of aromatic nitrogens is 4. The van der Waals surface area contributed by atoms with Crippen LogP contribution < -0.4 is 14.4 Å². The molecule has 0 unspecified atom stereocenters. The highest BCUT2D eigenvalue weighted by Crippen LogP contribution is 2.27. The van der Waals surface area contributed by atoms with Gasteiger partial charge in [0.05, 0.1) is 37.7 Å². The minimum Gasteiger partial charge on any atom is -0.481 e. The summed E-state index contributed by atoms with van der Waals surface area (Å²) in [6.45, 7) is 2.44. The van der Waals surface area contributed by atoms with Crippen LogP contribution in [0.25, 0.3) is 0 Å². The molecule has 0 spiro atoms. The van der Waals surface area contributed by atoms with Crippen molar-refractivity contribution in [1.29, 1.82) is 0 Å².